The van der Waals surface area contributed by atoms with Gasteiger partial charge in [-0.05, 0) is 19.1 Å². The van der Waals surface area contributed by atoms with Gasteiger partial charge in [0.2, 0.25) is 0 Å². The Balaban J connectivity index is 2.22. The summed E-state index contributed by atoms with van der Waals surface area (Å²) in [6.45, 7) is 4.86. The van der Waals surface area contributed by atoms with Crippen molar-refractivity contribution in [2.45, 2.75) is 25.0 Å². The summed E-state index contributed by atoms with van der Waals surface area (Å²) in [5, 5.41) is 3.50. The van der Waals surface area contributed by atoms with E-state index >= 15 is 0 Å². The minimum atomic E-state index is 0.111. The van der Waals surface area contributed by atoms with Crippen LogP contribution in [-0.2, 0) is 0 Å². The largest absolute Gasteiger partial charge is 0.338 e. The lowest BCUT2D eigenvalue weighted by molar-refractivity contribution is 0.185. The Kier molecular flexibility index (Phi) is 4.42. The number of rotatable bonds is 4. The van der Waals surface area contributed by atoms with Gasteiger partial charge in [0, 0.05) is 24.9 Å². The second-order valence-electron chi connectivity index (χ2n) is 3.41. The molecule has 76 valence electrons. The summed E-state index contributed by atoms with van der Waals surface area (Å²) in [6.07, 6.45) is 4.29. The van der Waals surface area contributed by atoms with E-state index in [2.05, 4.69) is 18.5 Å². The van der Waals surface area contributed by atoms with E-state index in [1.54, 1.807) is 0 Å². The molecule has 1 unspecified atom stereocenters. The van der Waals surface area contributed by atoms with Gasteiger partial charge in [0.05, 0.1) is 0 Å². The quantitative estimate of drug-likeness (QED) is 0.750. The zero-order valence-corrected chi connectivity index (χ0v) is 9.19. The van der Waals surface area contributed by atoms with Gasteiger partial charge >= 0.3 is 6.03 Å². The fourth-order valence-electron chi connectivity index (χ4n) is 1.35. The minimum Gasteiger partial charge on any atom is -0.338 e. The van der Waals surface area contributed by atoms with Gasteiger partial charge in [-0.1, -0.05) is 6.92 Å². The van der Waals surface area contributed by atoms with Gasteiger partial charge in [0.15, 0.2) is 0 Å². The molecule has 1 fully saturated rings. The van der Waals surface area contributed by atoms with Crippen LogP contribution in [0.5, 0.6) is 0 Å². The van der Waals surface area contributed by atoms with Gasteiger partial charge in [-0.2, -0.15) is 11.8 Å². The molecule has 0 aromatic carbocycles. The monoisotopic (exact) mass is 202 g/mol. The van der Waals surface area contributed by atoms with Crippen LogP contribution < -0.4 is 5.32 Å². The maximum absolute atomic E-state index is 11.3. The Morgan fingerprint density at radius 3 is 3.08 bits per heavy atom. The lowest BCUT2D eigenvalue weighted by atomic mass is 10.2. The number of thioether (sulfide) groups is 1. The molecule has 1 atom stereocenters. The molecule has 0 aliphatic carbocycles. The van der Waals surface area contributed by atoms with E-state index in [9.17, 15) is 4.79 Å². The standard InChI is InChI=1S/C9H18N2OS/c1-8(13-2)4-7-11-6-3-5-10-9(11)12/h8H,3-7H2,1-2H3,(H,10,12). The predicted molar refractivity (Wildman–Crippen MR) is 57.2 cm³/mol. The van der Waals surface area contributed by atoms with Crippen LogP contribution in [0.3, 0.4) is 0 Å². The van der Waals surface area contributed by atoms with Crippen LogP contribution >= 0.6 is 11.8 Å². The van der Waals surface area contributed by atoms with Crippen molar-refractivity contribution in [3.05, 3.63) is 0 Å². The van der Waals surface area contributed by atoms with Crippen molar-refractivity contribution in [2.75, 3.05) is 25.9 Å². The topological polar surface area (TPSA) is 32.3 Å². The van der Waals surface area contributed by atoms with Crippen molar-refractivity contribution < 1.29 is 4.79 Å². The summed E-state index contributed by atoms with van der Waals surface area (Å²) in [5.41, 5.74) is 0. The first-order chi connectivity index (χ1) is 6.24. The van der Waals surface area contributed by atoms with Crippen molar-refractivity contribution in [2.24, 2.45) is 0 Å². The van der Waals surface area contributed by atoms with Gasteiger partial charge in [0.1, 0.15) is 0 Å². The van der Waals surface area contributed by atoms with Crippen molar-refractivity contribution in [3.8, 4) is 0 Å². The van der Waals surface area contributed by atoms with E-state index < -0.39 is 0 Å². The number of hydrogen-bond acceptors (Lipinski definition) is 2. The summed E-state index contributed by atoms with van der Waals surface area (Å²) in [7, 11) is 0. The molecule has 4 heteroatoms. The summed E-state index contributed by atoms with van der Waals surface area (Å²) in [6, 6.07) is 0.111. The Morgan fingerprint density at radius 2 is 2.46 bits per heavy atom. The number of amides is 2. The highest BCUT2D eigenvalue weighted by molar-refractivity contribution is 7.99. The molecule has 0 radical (unpaired) electrons. The zero-order chi connectivity index (χ0) is 9.68. The van der Waals surface area contributed by atoms with E-state index in [-0.39, 0.29) is 6.03 Å². The first-order valence-electron chi connectivity index (χ1n) is 4.79. The van der Waals surface area contributed by atoms with Crippen molar-refractivity contribution in [3.63, 3.8) is 0 Å². The van der Waals surface area contributed by atoms with Gasteiger partial charge in [-0.15, -0.1) is 0 Å². The highest BCUT2D eigenvalue weighted by Gasteiger charge is 2.17. The average Bonchev–Trinajstić information content (AvgIpc) is 2.16. The molecule has 1 N–H and O–H groups in total. The molecule has 13 heavy (non-hydrogen) atoms. The first kappa shape index (κ1) is 10.7. The van der Waals surface area contributed by atoms with Crippen LogP contribution in [0.1, 0.15) is 19.8 Å². The summed E-state index contributed by atoms with van der Waals surface area (Å²) in [5.74, 6) is 0. The molecule has 0 aromatic rings. The van der Waals surface area contributed by atoms with Crippen LogP contribution in [0, 0.1) is 0 Å². The van der Waals surface area contributed by atoms with Crippen molar-refractivity contribution >= 4 is 17.8 Å². The molecule has 0 aromatic heterocycles. The smallest absolute Gasteiger partial charge is 0.317 e. The SMILES string of the molecule is CSC(C)CCN1CCCNC1=O. The van der Waals surface area contributed by atoms with E-state index in [4.69, 9.17) is 0 Å². The maximum Gasteiger partial charge on any atom is 0.317 e. The van der Waals surface area contributed by atoms with E-state index in [1.165, 1.54) is 0 Å². The third-order valence-electron chi connectivity index (χ3n) is 2.38. The molecule has 0 bridgehead atoms. The highest BCUT2D eigenvalue weighted by atomic mass is 32.2. The molecule has 1 heterocycles. The fourth-order valence-corrected chi connectivity index (χ4v) is 1.69. The molecular weight excluding hydrogens is 184 g/mol. The number of carbonyl (C=O) groups excluding carboxylic acids is 1. The number of carbonyl (C=O) groups is 1. The number of hydrogen-bond donors (Lipinski definition) is 1. The molecular formula is C9H18N2OS. The molecule has 0 saturated carbocycles. The zero-order valence-electron chi connectivity index (χ0n) is 8.38. The normalized spacial score (nSPS) is 19.8. The molecule has 0 spiro atoms. The average molecular weight is 202 g/mol. The summed E-state index contributed by atoms with van der Waals surface area (Å²) in [4.78, 5) is 13.2. The van der Waals surface area contributed by atoms with E-state index in [1.807, 2.05) is 16.7 Å². The molecule has 1 aliphatic rings. The van der Waals surface area contributed by atoms with Gasteiger partial charge < -0.3 is 10.2 Å². The predicted octanol–water partition coefficient (Wildman–Crippen LogP) is 1.54. The lowest BCUT2D eigenvalue weighted by Crippen LogP contribution is -2.46. The van der Waals surface area contributed by atoms with E-state index in [0.29, 0.717) is 5.25 Å². The number of nitrogens with zero attached hydrogens (tertiary/aromatic N) is 1. The molecule has 2 amide bonds. The van der Waals surface area contributed by atoms with Gasteiger partial charge in [0.25, 0.3) is 0 Å². The van der Waals surface area contributed by atoms with E-state index in [0.717, 1.165) is 32.5 Å². The second kappa shape index (κ2) is 5.37. The molecule has 1 rings (SSSR count). The Bertz CT molecular complexity index is 175. The van der Waals surface area contributed by atoms with Crippen LogP contribution in [0.2, 0.25) is 0 Å². The number of nitrogens with one attached hydrogen (secondary N) is 1. The minimum absolute atomic E-state index is 0.111. The van der Waals surface area contributed by atoms with Crippen LogP contribution in [-0.4, -0.2) is 42.1 Å². The van der Waals surface area contributed by atoms with Crippen LogP contribution in [0.15, 0.2) is 0 Å². The van der Waals surface area contributed by atoms with Crippen LogP contribution in [0.25, 0.3) is 0 Å². The second-order valence-corrected chi connectivity index (χ2v) is 4.68. The van der Waals surface area contributed by atoms with Crippen LogP contribution in [0.4, 0.5) is 4.79 Å². The summed E-state index contributed by atoms with van der Waals surface area (Å²) >= 11 is 1.86. The fraction of sp³-hybridized carbons (Fsp3) is 0.889. The molecule has 1 aliphatic heterocycles. The Labute approximate surface area is 84.2 Å². The third-order valence-corrected chi connectivity index (χ3v) is 3.42. The highest BCUT2D eigenvalue weighted by Crippen LogP contribution is 2.11. The Morgan fingerprint density at radius 1 is 1.69 bits per heavy atom. The first-order valence-corrected chi connectivity index (χ1v) is 6.08. The third kappa shape index (κ3) is 3.46. The molecule has 1 saturated heterocycles. The summed E-state index contributed by atoms with van der Waals surface area (Å²) < 4.78 is 0. The Hall–Kier alpha value is -0.380. The molecule has 3 nitrogen and oxygen atoms in total. The maximum atomic E-state index is 11.3. The van der Waals surface area contributed by atoms with Crippen molar-refractivity contribution in [1.29, 1.82) is 0 Å². The number of urea groups is 1. The van der Waals surface area contributed by atoms with Crippen molar-refractivity contribution in [1.82, 2.24) is 10.2 Å². The lowest BCUT2D eigenvalue weighted by Gasteiger charge is -2.28. The van der Waals surface area contributed by atoms with Gasteiger partial charge in [-0.3, -0.25) is 0 Å². The van der Waals surface area contributed by atoms with Gasteiger partial charge in [-0.25, -0.2) is 4.79 Å².